The zero-order valence-electron chi connectivity index (χ0n) is 10.6. The molecule has 2 N–H and O–H groups in total. The summed E-state index contributed by atoms with van der Waals surface area (Å²) in [6.07, 6.45) is 0. The van der Waals surface area contributed by atoms with Gasteiger partial charge in [-0.2, -0.15) is 5.21 Å². The molecule has 0 aliphatic rings. The third kappa shape index (κ3) is 3.25. The molecule has 102 valence electrons. The van der Waals surface area contributed by atoms with Gasteiger partial charge >= 0.3 is 0 Å². The van der Waals surface area contributed by atoms with Gasteiger partial charge in [0.15, 0.2) is 11.5 Å². The molecule has 2 aromatic rings. The fourth-order valence-corrected chi connectivity index (χ4v) is 1.77. The molecule has 0 saturated heterocycles. The fourth-order valence-electron chi connectivity index (χ4n) is 1.55. The topological polar surface area (TPSA) is 85.0 Å². The van der Waals surface area contributed by atoms with Gasteiger partial charge in [0.2, 0.25) is 0 Å². The van der Waals surface area contributed by atoms with E-state index in [1.807, 2.05) is 13.0 Å². The number of aromatic nitrogens is 4. The normalized spacial score (nSPS) is 10.3. The van der Waals surface area contributed by atoms with Crippen molar-refractivity contribution in [3.05, 3.63) is 22.7 Å². The lowest BCUT2D eigenvalue weighted by atomic mass is 10.2. The highest BCUT2D eigenvalue weighted by atomic mass is 35.5. The molecule has 1 aromatic carbocycles. The van der Waals surface area contributed by atoms with E-state index in [0.29, 0.717) is 35.6 Å². The van der Waals surface area contributed by atoms with Gasteiger partial charge in [-0.15, -0.1) is 5.10 Å². The highest BCUT2D eigenvalue weighted by molar-refractivity contribution is 6.31. The molecule has 1 aromatic heterocycles. The highest BCUT2D eigenvalue weighted by Crippen LogP contribution is 2.33. The van der Waals surface area contributed by atoms with E-state index in [-0.39, 0.29) is 0 Å². The Hall–Kier alpha value is -2.02. The molecule has 0 saturated carbocycles. The van der Waals surface area contributed by atoms with E-state index >= 15 is 0 Å². The van der Waals surface area contributed by atoms with Crippen LogP contribution in [0.15, 0.2) is 12.1 Å². The molecule has 0 bridgehead atoms. The van der Waals surface area contributed by atoms with Crippen molar-refractivity contribution in [3.63, 3.8) is 0 Å². The van der Waals surface area contributed by atoms with Crippen molar-refractivity contribution >= 4 is 17.5 Å². The number of anilines is 1. The SMILES string of the molecule is CCOc1cc(CNc2nn[nH]n2)c(Cl)cc1OC. The zero-order valence-corrected chi connectivity index (χ0v) is 11.4. The van der Waals surface area contributed by atoms with Crippen molar-refractivity contribution in [2.24, 2.45) is 0 Å². The third-order valence-electron chi connectivity index (χ3n) is 2.41. The van der Waals surface area contributed by atoms with Crippen molar-refractivity contribution in [2.45, 2.75) is 13.5 Å². The molecule has 0 atom stereocenters. The number of benzene rings is 1. The van der Waals surface area contributed by atoms with E-state index in [2.05, 4.69) is 25.9 Å². The van der Waals surface area contributed by atoms with Gasteiger partial charge in [-0.25, -0.2) is 0 Å². The van der Waals surface area contributed by atoms with Crippen LogP contribution in [-0.2, 0) is 6.54 Å². The maximum Gasteiger partial charge on any atom is 0.263 e. The largest absolute Gasteiger partial charge is 0.493 e. The van der Waals surface area contributed by atoms with Gasteiger partial charge < -0.3 is 14.8 Å². The lowest BCUT2D eigenvalue weighted by Crippen LogP contribution is -2.03. The minimum atomic E-state index is 0.407. The molecule has 0 aliphatic heterocycles. The molecular weight excluding hydrogens is 270 g/mol. The number of methoxy groups -OCH3 is 1. The summed E-state index contributed by atoms with van der Waals surface area (Å²) in [5, 5.41) is 17.0. The second kappa shape index (κ2) is 6.24. The first kappa shape index (κ1) is 13.4. The Morgan fingerprint density at radius 1 is 1.37 bits per heavy atom. The van der Waals surface area contributed by atoms with Crippen molar-refractivity contribution in [3.8, 4) is 11.5 Å². The standard InChI is InChI=1S/C11H14ClN5O2/c1-3-19-10-4-7(8(12)5-9(10)18-2)6-13-11-14-16-17-15-11/h4-5H,3,6H2,1-2H3,(H2,13,14,15,16,17). The summed E-state index contributed by atoms with van der Waals surface area (Å²) in [5.74, 6) is 1.67. The Morgan fingerprint density at radius 3 is 2.84 bits per heavy atom. The van der Waals surface area contributed by atoms with Crippen LogP contribution < -0.4 is 14.8 Å². The number of rotatable bonds is 6. The van der Waals surface area contributed by atoms with E-state index in [4.69, 9.17) is 21.1 Å². The number of nitrogens with zero attached hydrogens (tertiary/aromatic N) is 3. The summed E-state index contributed by atoms with van der Waals surface area (Å²) < 4.78 is 10.7. The first-order valence-electron chi connectivity index (χ1n) is 5.71. The van der Waals surface area contributed by atoms with Crippen molar-refractivity contribution in [1.82, 2.24) is 20.6 Å². The van der Waals surface area contributed by atoms with Crippen LogP contribution in [0.5, 0.6) is 11.5 Å². The Balaban J connectivity index is 2.17. The number of aromatic amines is 1. The number of tetrazole rings is 1. The predicted molar refractivity (Wildman–Crippen MR) is 70.7 cm³/mol. The summed E-state index contributed by atoms with van der Waals surface area (Å²) in [5.41, 5.74) is 0.857. The molecule has 0 unspecified atom stereocenters. The van der Waals surface area contributed by atoms with Crippen LogP contribution in [-0.4, -0.2) is 34.3 Å². The molecule has 0 radical (unpaired) electrons. The van der Waals surface area contributed by atoms with E-state index in [9.17, 15) is 0 Å². The van der Waals surface area contributed by atoms with Gasteiger partial charge in [0, 0.05) is 17.6 Å². The minimum absolute atomic E-state index is 0.407. The smallest absolute Gasteiger partial charge is 0.263 e. The average molecular weight is 284 g/mol. The van der Waals surface area contributed by atoms with Crippen molar-refractivity contribution in [1.29, 1.82) is 0 Å². The van der Waals surface area contributed by atoms with Crippen LogP contribution in [0.1, 0.15) is 12.5 Å². The van der Waals surface area contributed by atoms with Gasteiger partial charge in [-0.1, -0.05) is 16.7 Å². The molecule has 0 fully saturated rings. The number of ether oxygens (including phenoxy) is 2. The lowest BCUT2D eigenvalue weighted by molar-refractivity contribution is 0.310. The van der Waals surface area contributed by atoms with Crippen LogP contribution >= 0.6 is 11.6 Å². The molecule has 1 heterocycles. The summed E-state index contributed by atoms with van der Waals surface area (Å²) in [6.45, 7) is 2.92. The van der Waals surface area contributed by atoms with Crippen molar-refractivity contribution in [2.75, 3.05) is 19.0 Å². The summed E-state index contributed by atoms with van der Waals surface area (Å²) in [6, 6.07) is 3.55. The maximum atomic E-state index is 6.18. The lowest BCUT2D eigenvalue weighted by Gasteiger charge is -2.13. The molecule has 0 spiro atoms. The van der Waals surface area contributed by atoms with E-state index in [0.717, 1.165) is 5.56 Å². The second-order valence-corrected chi connectivity index (χ2v) is 4.02. The fraction of sp³-hybridized carbons (Fsp3) is 0.364. The first-order chi connectivity index (χ1) is 9.24. The van der Waals surface area contributed by atoms with Crippen LogP contribution in [0.2, 0.25) is 5.02 Å². The zero-order chi connectivity index (χ0) is 13.7. The minimum Gasteiger partial charge on any atom is -0.493 e. The van der Waals surface area contributed by atoms with Crippen LogP contribution in [0.3, 0.4) is 0 Å². The quantitative estimate of drug-likeness (QED) is 0.842. The Labute approximate surface area is 115 Å². The molecule has 8 heteroatoms. The van der Waals surface area contributed by atoms with E-state index < -0.39 is 0 Å². The monoisotopic (exact) mass is 283 g/mol. The first-order valence-corrected chi connectivity index (χ1v) is 6.09. The Bertz CT molecular complexity index is 532. The van der Waals surface area contributed by atoms with Gasteiger partial charge in [0.1, 0.15) is 0 Å². The maximum absolute atomic E-state index is 6.18. The van der Waals surface area contributed by atoms with Gasteiger partial charge in [0.05, 0.1) is 13.7 Å². The summed E-state index contributed by atoms with van der Waals surface area (Å²) in [7, 11) is 1.57. The average Bonchev–Trinajstić information content (AvgIpc) is 2.92. The van der Waals surface area contributed by atoms with E-state index in [1.165, 1.54) is 0 Å². The Kier molecular flexibility index (Phi) is 4.40. The van der Waals surface area contributed by atoms with Crippen LogP contribution in [0, 0.1) is 0 Å². The van der Waals surface area contributed by atoms with Crippen LogP contribution in [0.4, 0.5) is 5.95 Å². The number of hydrogen-bond donors (Lipinski definition) is 2. The molecular formula is C11H14ClN5O2. The summed E-state index contributed by atoms with van der Waals surface area (Å²) in [4.78, 5) is 0. The third-order valence-corrected chi connectivity index (χ3v) is 2.77. The molecule has 7 nitrogen and oxygen atoms in total. The van der Waals surface area contributed by atoms with Crippen LogP contribution in [0.25, 0.3) is 0 Å². The highest BCUT2D eigenvalue weighted by Gasteiger charge is 2.10. The van der Waals surface area contributed by atoms with E-state index in [1.54, 1.807) is 13.2 Å². The molecule has 0 aliphatic carbocycles. The molecule has 2 rings (SSSR count). The van der Waals surface area contributed by atoms with Gasteiger partial charge in [0.25, 0.3) is 5.95 Å². The molecule has 0 amide bonds. The number of halogens is 1. The number of hydrogen-bond acceptors (Lipinski definition) is 6. The van der Waals surface area contributed by atoms with Crippen molar-refractivity contribution < 1.29 is 9.47 Å². The van der Waals surface area contributed by atoms with Gasteiger partial charge in [-0.05, 0) is 23.8 Å². The summed E-state index contributed by atoms with van der Waals surface area (Å²) >= 11 is 6.18. The van der Waals surface area contributed by atoms with Gasteiger partial charge in [-0.3, -0.25) is 0 Å². The molecule has 19 heavy (non-hydrogen) atoms. The number of H-pyrrole nitrogens is 1. The number of nitrogens with one attached hydrogen (secondary N) is 2. The predicted octanol–water partition coefficient (Wildman–Crippen LogP) is 1.87. The second-order valence-electron chi connectivity index (χ2n) is 3.62. The Morgan fingerprint density at radius 2 is 2.21 bits per heavy atom.